The van der Waals surface area contributed by atoms with Crippen molar-refractivity contribution in [1.29, 1.82) is 0 Å². The van der Waals surface area contributed by atoms with Crippen LogP contribution in [0.4, 0.5) is 0 Å². The van der Waals surface area contributed by atoms with Gasteiger partial charge in [0.25, 0.3) is 0 Å². The molecule has 0 heterocycles. The highest BCUT2D eigenvalue weighted by molar-refractivity contribution is 5.95. The van der Waals surface area contributed by atoms with Crippen LogP contribution in [0.1, 0.15) is 32.6 Å². The van der Waals surface area contributed by atoms with Crippen LogP contribution < -0.4 is 27.4 Å². The fourth-order valence-electron chi connectivity index (χ4n) is 2.41. The van der Waals surface area contributed by atoms with Gasteiger partial charge in [-0.3, -0.25) is 28.8 Å². The van der Waals surface area contributed by atoms with Crippen molar-refractivity contribution >= 4 is 41.5 Å². The van der Waals surface area contributed by atoms with Crippen LogP contribution in [-0.2, 0) is 33.6 Å². The van der Waals surface area contributed by atoms with Crippen LogP contribution in [0.2, 0.25) is 0 Å². The molecule has 0 spiro atoms. The van der Waals surface area contributed by atoms with E-state index in [1.165, 1.54) is 0 Å². The van der Waals surface area contributed by atoms with Crippen LogP contribution >= 0.6 is 0 Å². The molecule has 0 aliphatic rings. The van der Waals surface area contributed by atoms with Gasteiger partial charge in [0.15, 0.2) is 0 Å². The Kier molecular flexibility index (Phi) is 12.0. The first-order valence-electron chi connectivity index (χ1n) is 9.45. The molecular weight excluding hydrogens is 450 g/mol. The Morgan fingerprint density at radius 2 is 1.30 bits per heavy atom. The van der Waals surface area contributed by atoms with Crippen molar-refractivity contribution in [3.05, 3.63) is 0 Å². The Bertz CT molecular complexity index is 785. The lowest BCUT2D eigenvalue weighted by atomic mass is 10.1. The summed E-state index contributed by atoms with van der Waals surface area (Å²) in [5.41, 5.74) is 10.4. The fourth-order valence-corrected chi connectivity index (χ4v) is 2.41. The van der Waals surface area contributed by atoms with E-state index < -0.39 is 91.1 Å². The number of aliphatic hydroxyl groups excluding tert-OH is 1. The van der Waals surface area contributed by atoms with Gasteiger partial charge in [0.05, 0.1) is 25.0 Å². The zero-order valence-electron chi connectivity index (χ0n) is 17.5. The first kappa shape index (κ1) is 29.2. The molecule has 0 bridgehead atoms. The number of amides is 4. The van der Waals surface area contributed by atoms with Gasteiger partial charge in [-0.05, 0) is 13.3 Å². The van der Waals surface area contributed by atoms with E-state index >= 15 is 0 Å². The van der Waals surface area contributed by atoms with Crippen LogP contribution in [0.15, 0.2) is 0 Å². The monoisotopic (exact) mass is 477 g/mol. The topological polar surface area (TPSA) is 289 Å². The van der Waals surface area contributed by atoms with Crippen LogP contribution in [0.3, 0.4) is 0 Å². The van der Waals surface area contributed by atoms with Gasteiger partial charge in [-0.1, -0.05) is 0 Å². The molecule has 11 N–H and O–H groups in total. The first-order valence-corrected chi connectivity index (χ1v) is 9.45. The van der Waals surface area contributed by atoms with E-state index in [1.54, 1.807) is 0 Å². The average Bonchev–Trinajstić information content (AvgIpc) is 2.66. The first-order chi connectivity index (χ1) is 15.1. The molecule has 186 valence electrons. The third-order valence-corrected chi connectivity index (χ3v) is 4.10. The molecular formula is C17H27N5O11. The Labute approximate surface area is 186 Å². The molecule has 0 rings (SSSR count). The van der Waals surface area contributed by atoms with Gasteiger partial charge >= 0.3 is 17.9 Å². The second-order valence-corrected chi connectivity index (χ2v) is 6.99. The number of carboxylic acids is 3. The van der Waals surface area contributed by atoms with E-state index in [2.05, 4.69) is 10.6 Å². The Balaban J connectivity index is 5.52. The van der Waals surface area contributed by atoms with E-state index in [0.717, 1.165) is 6.92 Å². The lowest BCUT2D eigenvalue weighted by molar-refractivity contribution is -0.148. The molecule has 16 nitrogen and oxygen atoms in total. The Morgan fingerprint density at radius 3 is 1.73 bits per heavy atom. The highest BCUT2D eigenvalue weighted by atomic mass is 16.4. The van der Waals surface area contributed by atoms with Crippen molar-refractivity contribution in [2.45, 2.75) is 62.9 Å². The number of primary amides is 1. The highest BCUT2D eigenvalue weighted by Crippen LogP contribution is 2.04. The predicted molar refractivity (Wildman–Crippen MR) is 106 cm³/mol. The Morgan fingerprint density at radius 1 is 0.788 bits per heavy atom. The van der Waals surface area contributed by atoms with Gasteiger partial charge in [0.1, 0.15) is 18.1 Å². The standard InChI is InChI=1S/C17H27N5O11/c1-6(23)13(16(31)21-9(17(32)33)5-12(27)28)22-15(30)8(2-3-10(19)24)20-14(29)7(18)4-11(25)26/h6-9,13,23H,2-5,18H2,1H3,(H2,19,24)(H,20,29)(H,21,31)(H,22,30)(H,25,26)(H,27,28)(H,32,33). The molecule has 0 aromatic carbocycles. The fraction of sp³-hybridized carbons (Fsp3) is 0.588. The van der Waals surface area contributed by atoms with E-state index in [9.17, 15) is 38.7 Å². The van der Waals surface area contributed by atoms with Gasteiger partial charge in [-0.2, -0.15) is 0 Å². The summed E-state index contributed by atoms with van der Waals surface area (Å²) in [6.45, 7) is 1.07. The van der Waals surface area contributed by atoms with Crippen molar-refractivity contribution in [3.8, 4) is 0 Å². The van der Waals surface area contributed by atoms with Crippen LogP contribution in [-0.4, -0.2) is 92.2 Å². The lowest BCUT2D eigenvalue weighted by Gasteiger charge is -2.26. The zero-order chi connectivity index (χ0) is 25.9. The molecule has 4 amide bonds. The number of rotatable bonds is 15. The predicted octanol–water partition coefficient (Wildman–Crippen LogP) is -4.55. The number of carbonyl (C=O) groups excluding carboxylic acids is 4. The number of carbonyl (C=O) groups is 7. The molecule has 0 aromatic rings. The molecule has 0 saturated carbocycles. The zero-order valence-corrected chi connectivity index (χ0v) is 17.5. The van der Waals surface area contributed by atoms with Crippen LogP contribution in [0.5, 0.6) is 0 Å². The van der Waals surface area contributed by atoms with E-state index in [4.69, 9.17) is 26.8 Å². The van der Waals surface area contributed by atoms with Gasteiger partial charge in [-0.15, -0.1) is 0 Å². The number of aliphatic carboxylic acids is 3. The number of hydrogen-bond acceptors (Lipinski definition) is 9. The number of nitrogens with two attached hydrogens (primary N) is 2. The number of carboxylic acid groups (broad SMARTS) is 3. The van der Waals surface area contributed by atoms with E-state index in [1.807, 2.05) is 5.32 Å². The molecule has 5 atom stereocenters. The van der Waals surface area contributed by atoms with Crippen molar-refractivity contribution in [2.75, 3.05) is 0 Å². The summed E-state index contributed by atoms with van der Waals surface area (Å²) in [7, 11) is 0. The van der Waals surface area contributed by atoms with Gasteiger partial charge in [-0.25, -0.2) is 4.79 Å². The summed E-state index contributed by atoms with van der Waals surface area (Å²) in [5.74, 6) is -8.87. The van der Waals surface area contributed by atoms with Crippen molar-refractivity contribution in [1.82, 2.24) is 16.0 Å². The maximum absolute atomic E-state index is 12.6. The second kappa shape index (κ2) is 13.6. The lowest BCUT2D eigenvalue weighted by Crippen LogP contribution is -2.60. The molecule has 0 aliphatic heterocycles. The van der Waals surface area contributed by atoms with E-state index in [0.29, 0.717) is 0 Å². The quantitative estimate of drug-likeness (QED) is 0.108. The molecule has 0 saturated heterocycles. The molecule has 0 fully saturated rings. The largest absolute Gasteiger partial charge is 0.481 e. The summed E-state index contributed by atoms with van der Waals surface area (Å²) < 4.78 is 0. The molecule has 0 aliphatic carbocycles. The van der Waals surface area contributed by atoms with Crippen molar-refractivity contribution in [2.24, 2.45) is 11.5 Å². The smallest absolute Gasteiger partial charge is 0.326 e. The van der Waals surface area contributed by atoms with Crippen molar-refractivity contribution < 1.29 is 54.0 Å². The molecule has 5 unspecified atom stereocenters. The summed E-state index contributed by atoms with van der Waals surface area (Å²) in [4.78, 5) is 80.7. The number of hydrogen-bond donors (Lipinski definition) is 9. The molecule has 16 heteroatoms. The summed E-state index contributed by atoms with van der Waals surface area (Å²) in [6.07, 6.45) is -4.14. The maximum Gasteiger partial charge on any atom is 0.326 e. The number of nitrogens with one attached hydrogen (secondary N) is 3. The van der Waals surface area contributed by atoms with Gasteiger partial charge in [0, 0.05) is 6.42 Å². The average molecular weight is 477 g/mol. The molecule has 0 aromatic heterocycles. The SMILES string of the molecule is CC(O)C(NC(=O)C(CCC(N)=O)NC(=O)C(N)CC(=O)O)C(=O)NC(CC(=O)O)C(=O)O. The molecule has 33 heavy (non-hydrogen) atoms. The molecule has 0 radical (unpaired) electrons. The minimum absolute atomic E-state index is 0.377. The second-order valence-electron chi connectivity index (χ2n) is 6.99. The third-order valence-electron chi connectivity index (χ3n) is 4.10. The number of aliphatic hydroxyl groups is 1. The van der Waals surface area contributed by atoms with E-state index in [-0.39, 0.29) is 6.42 Å². The third kappa shape index (κ3) is 11.4. The van der Waals surface area contributed by atoms with Crippen LogP contribution in [0, 0.1) is 0 Å². The maximum atomic E-state index is 12.6. The minimum Gasteiger partial charge on any atom is -0.481 e. The highest BCUT2D eigenvalue weighted by Gasteiger charge is 2.33. The van der Waals surface area contributed by atoms with Crippen LogP contribution in [0.25, 0.3) is 0 Å². The summed E-state index contributed by atoms with van der Waals surface area (Å²) in [6, 6.07) is -6.73. The minimum atomic E-state index is -1.87. The Hall–Kier alpha value is -3.79. The summed E-state index contributed by atoms with van der Waals surface area (Å²) in [5, 5.41) is 42.4. The van der Waals surface area contributed by atoms with Gasteiger partial charge in [0.2, 0.25) is 23.6 Å². The van der Waals surface area contributed by atoms with Gasteiger partial charge < -0.3 is 47.8 Å². The normalized spacial score (nSPS) is 15.1. The summed E-state index contributed by atoms with van der Waals surface area (Å²) >= 11 is 0. The van der Waals surface area contributed by atoms with Crippen molar-refractivity contribution in [3.63, 3.8) is 0 Å².